The van der Waals surface area contributed by atoms with E-state index in [-0.39, 0.29) is 11.8 Å². The maximum atomic E-state index is 12.3. The second-order valence-corrected chi connectivity index (χ2v) is 5.92. The Balaban J connectivity index is 4.25. The fourth-order valence-electron chi connectivity index (χ4n) is 2.48. The van der Waals surface area contributed by atoms with E-state index in [2.05, 4.69) is 44.8 Å². The van der Waals surface area contributed by atoms with E-state index < -0.39 is 0 Å². The normalized spacial score (nSPS) is 14.3. The summed E-state index contributed by atoms with van der Waals surface area (Å²) in [6.07, 6.45) is 6.85. The second-order valence-electron chi connectivity index (χ2n) is 5.92. The Labute approximate surface area is 126 Å². The third-order valence-corrected chi connectivity index (χ3v) is 4.24. The van der Waals surface area contributed by atoms with Crippen LogP contribution in [0, 0.1) is 11.8 Å². The van der Waals surface area contributed by atoms with E-state index in [0.717, 1.165) is 25.9 Å². The number of rotatable bonds is 12. The summed E-state index contributed by atoms with van der Waals surface area (Å²) >= 11 is 0. The van der Waals surface area contributed by atoms with Crippen LogP contribution in [-0.2, 0) is 4.79 Å². The number of hydrogen-bond acceptors (Lipinski definition) is 2. The zero-order valence-corrected chi connectivity index (χ0v) is 14.4. The van der Waals surface area contributed by atoms with E-state index in [1.807, 2.05) is 0 Å². The van der Waals surface area contributed by atoms with Crippen molar-refractivity contribution in [3.05, 3.63) is 0 Å². The van der Waals surface area contributed by atoms with Gasteiger partial charge in [-0.2, -0.15) is 0 Å². The van der Waals surface area contributed by atoms with Gasteiger partial charge in [-0.15, -0.1) is 0 Å². The summed E-state index contributed by atoms with van der Waals surface area (Å²) < 4.78 is 0. The molecule has 1 amide bonds. The number of carbonyl (C=O) groups is 1. The van der Waals surface area contributed by atoms with Crippen LogP contribution in [0.5, 0.6) is 0 Å². The summed E-state index contributed by atoms with van der Waals surface area (Å²) in [5, 5.41) is 3.15. The molecule has 0 saturated carbocycles. The van der Waals surface area contributed by atoms with Crippen LogP contribution < -0.4 is 5.32 Å². The molecule has 3 heteroatoms. The smallest absolute Gasteiger partial charge is 0.224 e. The van der Waals surface area contributed by atoms with Crippen molar-refractivity contribution in [2.45, 2.75) is 73.1 Å². The van der Waals surface area contributed by atoms with Gasteiger partial charge in [0.2, 0.25) is 5.91 Å². The van der Waals surface area contributed by atoms with Gasteiger partial charge in [-0.05, 0) is 38.3 Å². The number of hydrogen-bond donors (Lipinski definition) is 1. The molecule has 0 aromatic carbocycles. The van der Waals surface area contributed by atoms with Gasteiger partial charge >= 0.3 is 0 Å². The van der Waals surface area contributed by atoms with Gasteiger partial charge in [-0.25, -0.2) is 0 Å². The first-order valence-corrected chi connectivity index (χ1v) is 8.60. The Bertz CT molecular complexity index is 235. The van der Waals surface area contributed by atoms with Gasteiger partial charge in [0.1, 0.15) is 0 Å². The molecule has 0 radical (unpaired) electrons. The molecular weight excluding hydrogens is 248 g/mol. The van der Waals surface area contributed by atoms with E-state index in [4.69, 9.17) is 0 Å². The number of nitrogens with zero attached hydrogens (tertiary/aromatic N) is 1. The molecule has 3 nitrogen and oxygen atoms in total. The molecule has 20 heavy (non-hydrogen) atoms. The van der Waals surface area contributed by atoms with Crippen molar-refractivity contribution in [3.63, 3.8) is 0 Å². The minimum absolute atomic E-state index is 0.166. The van der Waals surface area contributed by atoms with Crippen LogP contribution in [0.2, 0.25) is 0 Å². The first-order valence-electron chi connectivity index (χ1n) is 8.60. The Morgan fingerprint density at radius 2 is 1.55 bits per heavy atom. The number of nitrogens with one attached hydrogen (secondary N) is 1. The predicted molar refractivity (Wildman–Crippen MR) is 87.6 cm³/mol. The van der Waals surface area contributed by atoms with Crippen molar-refractivity contribution in [2.75, 3.05) is 19.8 Å². The minimum Gasteiger partial charge on any atom is -0.343 e. The van der Waals surface area contributed by atoms with Gasteiger partial charge in [0, 0.05) is 5.92 Å². The minimum atomic E-state index is 0.166. The Morgan fingerprint density at radius 1 is 1.00 bits per heavy atom. The van der Waals surface area contributed by atoms with Crippen molar-refractivity contribution in [2.24, 2.45) is 11.8 Å². The van der Waals surface area contributed by atoms with E-state index in [1.54, 1.807) is 0 Å². The lowest BCUT2D eigenvalue weighted by Gasteiger charge is -2.25. The van der Waals surface area contributed by atoms with Crippen LogP contribution in [-0.4, -0.2) is 30.6 Å². The summed E-state index contributed by atoms with van der Waals surface area (Å²) in [5.41, 5.74) is 0. The average molecular weight is 284 g/mol. The molecule has 1 N–H and O–H groups in total. The summed E-state index contributed by atoms with van der Waals surface area (Å²) in [4.78, 5) is 14.7. The SMILES string of the molecule is CCCCN(CCCC)CNC(=O)C(CC)C(C)CC. The van der Waals surface area contributed by atoms with Crippen molar-refractivity contribution >= 4 is 5.91 Å². The fraction of sp³-hybridized carbons (Fsp3) is 0.941. The van der Waals surface area contributed by atoms with E-state index in [9.17, 15) is 4.79 Å². The third kappa shape index (κ3) is 7.88. The van der Waals surface area contributed by atoms with Crippen molar-refractivity contribution in [1.82, 2.24) is 10.2 Å². The number of unbranched alkanes of at least 4 members (excludes halogenated alkanes) is 2. The lowest BCUT2D eigenvalue weighted by atomic mass is 9.89. The Hall–Kier alpha value is -0.570. The van der Waals surface area contributed by atoms with Crippen LogP contribution in [0.1, 0.15) is 73.1 Å². The van der Waals surface area contributed by atoms with Gasteiger partial charge in [0.05, 0.1) is 6.67 Å². The number of carbonyl (C=O) groups excluding carboxylic acids is 1. The largest absolute Gasteiger partial charge is 0.343 e. The zero-order chi connectivity index (χ0) is 15.4. The molecular formula is C17H36N2O. The quantitative estimate of drug-likeness (QED) is 0.549. The number of amides is 1. The monoisotopic (exact) mass is 284 g/mol. The third-order valence-electron chi connectivity index (χ3n) is 4.24. The highest BCUT2D eigenvalue weighted by Gasteiger charge is 2.22. The molecule has 0 aromatic heterocycles. The van der Waals surface area contributed by atoms with E-state index in [0.29, 0.717) is 12.6 Å². The highest BCUT2D eigenvalue weighted by atomic mass is 16.2. The molecule has 0 saturated heterocycles. The average Bonchev–Trinajstić information content (AvgIpc) is 2.46. The lowest BCUT2D eigenvalue weighted by Crippen LogP contribution is -2.42. The van der Waals surface area contributed by atoms with E-state index >= 15 is 0 Å². The molecule has 0 rings (SSSR count). The molecule has 0 aliphatic rings. The van der Waals surface area contributed by atoms with Gasteiger partial charge in [-0.1, -0.05) is 53.9 Å². The topological polar surface area (TPSA) is 32.3 Å². The lowest BCUT2D eigenvalue weighted by molar-refractivity contribution is -0.127. The van der Waals surface area contributed by atoms with Gasteiger partial charge in [0.25, 0.3) is 0 Å². The summed E-state index contributed by atoms with van der Waals surface area (Å²) in [6.45, 7) is 13.8. The van der Waals surface area contributed by atoms with Crippen molar-refractivity contribution in [1.29, 1.82) is 0 Å². The van der Waals surface area contributed by atoms with E-state index in [1.165, 1.54) is 25.7 Å². The molecule has 0 fully saturated rings. The zero-order valence-electron chi connectivity index (χ0n) is 14.4. The Kier molecular flexibility index (Phi) is 11.8. The maximum Gasteiger partial charge on any atom is 0.224 e. The molecule has 120 valence electrons. The fourth-order valence-corrected chi connectivity index (χ4v) is 2.48. The highest BCUT2D eigenvalue weighted by Crippen LogP contribution is 2.18. The standard InChI is InChI=1S/C17H36N2O/c1-6-10-12-19(13-11-7-2)14-18-17(20)16(9-4)15(5)8-3/h15-16H,6-14H2,1-5H3,(H,18,20). The maximum absolute atomic E-state index is 12.3. The van der Waals surface area contributed by atoms with Gasteiger partial charge < -0.3 is 5.32 Å². The van der Waals surface area contributed by atoms with Crippen LogP contribution >= 0.6 is 0 Å². The molecule has 0 aromatic rings. The predicted octanol–water partition coefficient (Wildman–Crippen LogP) is 4.03. The summed E-state index contributed by atoms with van der Waals surface area (Å²) in [5.74, 6) is 0.874. The molecule has 0 heterocycles. The van der Waals surface area contributed by atoms with Crippen molar-refractivity contribution < 1.29 is 4.79 Å². The summed E-state index contributed by atoms with van der Waals surface area (Å²) in [7, 11) is 0. The molecule has 0 aliphatic carbocycles. The van der Waals surface area contributed by atoms with Gasteiger partial charge in [0.15, 0.2) is 0 Å². The Morgan fingerprint density at radius 3 is 1.95 bits per heavy atom. The van der Waals surface area contributed by atoms with Crippen LogP contribution in [0.3, 0.4) is 0 Å². The molecule has 2 unspecified atom stereocenters. The highest BCUT2D eigenvalue weighted by molar-refractivity contribution is 5.78. The molecule has 0 aliphatic heterocycles. The van der Waals surface area contributed by atoms with Crippen LogP contribution in [0.15, 0.2) is 0 Å². The summed E-state index contributed by atoms with van der Waals surface area (Å²) in [6, 6.07) is 0. The molecule has 0 bridgehead atoms. The van der Waals surface area contributed by atoms with Gasteiger partial charge in [-0.3, -0.25) is 9.69 Å². The van der Waals surface area contributed by atoms with Crippen molar-refractivity contribution in [3.8, 4) is 0 Å². The molecule has 0 spiro atoms. The second kappa shape index (κ2) is 12.2. The van der Waals surface area contributed by atoms with Crippen LogP contribution in [0.4, 0.5) is 0 Å². The first kappa shape index (κ1) is 19.4. The molecule has 2 atom stereocenters. The van der Waals surface area contributed by atoms with Crippen LogP contribution in [0.25, 0.3) is 0 Å². The first-order chi connectivity index (χ1) is 9.60.